The maximum atomic E-state index is 6.27. The Morgan fingerprint density at radius 3 is 2.65 bits per heavy atom. The normalized spacial score (nSPS) is 12.7. The second-order valence-corrected chi connectivity index (χ2v) is 5.16. The summed E-state index contributed by atoms with van der Waals surface area (Å²) in [5.41, 5.74) is 1.91. The molecule has 2 aromatic rings. The second kappa shape index (κ2) is 6.24. The summed E-state index contributed by atoms with van der Waals surface area (Å²) in [6.45, 7) is 4.16. The molecule has 5 nitrogen and oxygen atoms in total. The zero-order valence-corrected chi connectivity index (χ0v) is 12.8. The van der Waals surface area contributed by atoms with E-state index in [4.69, 9.17) is 16.3 Å². The number of rotatable bonds is 5. The van der Waals surface area contributed by atoms with Crippen molar-refractivity contribution in [2.45, 2.75) is 25.9 Å². The van der Waals surface area contributed by atoms with Crippen molar-refractivity contribution in [2.24, 2.45) is 0 Å². The first-order chi connectivity index (χ1) is 9.60. The highest BCUT2D eigenvalue weighted by Crippen LogP contribution is 2.34. The third-order valence-corrected chi connectivity index (χ3v) is 3.50. The number of ether oxygens (including phenoxy) is 1. The van der Waals surface area contributed by atoms with Crippen LogP contribution in [0.3, 0.4) is 0 Å². The number of hydrogen-bond donors (Lipinski definition) is 1. The Hall–Kier alpha value is -1.59. The monoisotopic (exact) mass is 294 g/mol. The number of methoxy groups -OCH3 is 1. The lowest BCUT2D eigenvalue weighted by Gasteiger charge is -2.22. The quantitative estimate of drug-likeness (QED) is 0.921. The van der Waals surface area contributed by atoms with Gasteiger partial charge in [-0.15, -0.1) is 0 Å². The van der Waals surface area contributed by atoms with Crippen LogP contribution in [-0.2, 0) is 0 Å². The van der Waals surface area contributed by atoms with E-state index in [0.717, 1.165) is 17.0 Å². The third-order valence-electron chi connectivity index (χ3n) is 3.18. The van der Waals surface area contributed by atoms with Crippen molar-refractivity contribution in [3.05, 3.63) is 40.9 Å². The van der Waals surface area contributed by atoms with Gasteiger partial charge in [-0.05, 0) is 32.5 Å². The molecule has 2 aromatic heterocycles. The van der Waals surface area contributed by atoms with E-state index >= 15 is 0 Å². The fraction of sp³-hybridized carbons (Fsp3) is 0.429. The molecule has 0 fully saturated rings. The van der Waals surface area contributed by atoms with Gasteiger partial charge >= 0.3 is 0 Å². The molecule has 0 radical (unpaired) electrons. The van der Waals surface area contributed by atoms with Gasteiger partial charge in [-0.3, -0.25) is 9.67 Å². The number of pyridine rings is 1. The van der Waals surface area contributed by atoms with Crippen molar-refractivity contribution in [2.75, 3.05) is 14.2 Å². The summed E-state index contributed by atoms with van der Waals surface area (Å²) in [4.78, 5) is 4.03. The van der Waals surface area contributed by atoms with Gasteiger partial charge in [0.15, 0.2) is 5.75 Å². The van der Waals surface area contributed by atoms with E-state index in [-0.39, 0.29) is 12.1 Å². The largest absolute Gasteiger partial charge is 0.493 e. The molecular formula is C14H19ClN4O. The first kappa shape index (κ1) is 14.8. The number of nitrogens with zero attached hydrogens (tertiary/aromatic N) is 3. The summed E-state index contributed by atoms with van der Waals surface area (Å²) in [5.74, 6) is 0.742. The van der Waals surface area contributed by atoms with Crippen molar-refractivity contribution < 1.29 is 4.74 Å². The molecule has 0 aromatic carbocycles. The molecule has 0 aliphatic heterocycles. The highest BCUT2D eigenvalue weighted by molar-refractivity contribution is 6.31. The zero-order valence-electron chi connectivity index (χ0n) is 12.1. The number of halogens is 1. The third kappa shape index (κ3) is 2.64. The Labute approximate surface area is 123 Å². The summed E-state index contributed by atoms with van der Waals surface area (Å²) >= 11 is 6.27. The summed E-state index contributed by atoms with van der Waals surface area (Å²) in [7, 11) is 3.53. The van der Waals surface area contributed by atoms with Gasteiger partial charge in [-0.1, -0.05) is 11.6 Å². The molecule has 1 unspecified atom stereocenters. The molecule has 0 saturated heterocycles. The number of aromatic nitrogens is 3. The average molecular weight is 295 g/mol. The van der Waals surface area contributed by atoms with Crippen molar-refractivity contribution in [1.29, 1.82) is 0 Å². The molecule has 0 aliphatic rings. The summed E-state index contributed by atoms with van der Waals surface area (Å²) in [6, 6.07) is 2.02. The minimum atomic E-state index is -0.106. The van der Waals surface area contributed by atoms with E-state index < -0.39 is 0 Å². The van der Waals surface area contributed by atoms with E-state index in [2.05, 4.69) is 29.2 Å². The van der Waals surface area contributed by atoms with Crippen molar-refractivity contribution >= 4 is 11.6 Å². The average Bonchev–Trinajstić information content (AvgIpc) is 2.86. The molecule has 6 heteroatoms. The molecule has 0 aliphatic carbocycles. The lowest BCUT2D eigenvalue weighted by Crippen LogP contribution is -2.23. The highest BCUT2D eigenvalue weighted by atomic mass is 35.5. The van der Waals surface area contributed by atoms with Crippen LogP contribution in [0.25, 0.3) is 0 Å². The topological polar surface area (TPSA) is 52.0 Å². The highest BCUT2D eigenvalue weighted by Gasteiger charge is 2.25. The van der Waals surface area contributed by atoms with Gasteiger partial charge in [0, 0.05) is 18.4 Å². The van der Waals surface area contributed by atoms with Crippen LogP contribution in [0.4, 0.5) is 0 Å². The van der Waals surface area contributed by atoms with Gasteiger partial charge in [0.1, 0.15) is 5.69 Å². The van der Waals surface area contributed by atoms with Gasteiger partial charge < -0.3 is 10.1 Å². The summed E-state index contributed by atoms with van der Waals surface area (Å²) in [6.07, 6.45) is 5.10. The molecule has 0 saturated carbocycles. The second-order valence-electron chi connectivity index (χ2n) is 4.76. The van der Waals surface area contributed by atoms with E-state index in [1.807, 2.05) is 17.8 Å². The predicted molar refractivity (Wildman–Crippen MR) is 79.3 cm³/mol. The number of nitrogens with one attached hydrogen (secondary N) is 1. The van der Waals surface area contributed by atoms with E-state index in [0.29, 0.717) is 5.02 Å². The number of hydrogen-bond acceptors (Lipinski definition) is 4. The maximum Gasteiger partial charge on any atom is 0.161 e. The molecule has 108 valence electrons. The summed E-state index contributed by atoms with van der Waals surface area (Å²) < 4.78 is 7.38. The van der Waals surface area contributed by atoms with Crippen LogP contribution in [0.5, 0.6) is 5.75 Å². The Balaban J connectivity index is 2.57. The zero-order chi connectivity index (χ0) is 14.7. The Morgan fingerprint density at radius 2 is 2.10 bits per heavy atom. The van der Waals surface area contributed by atoms with Crippen LogP contribution >= 0.6 is 11.6 Å². The van der Waals surface area contributed by atoms with Gasteiger partial charge in [-0.25, -0.2) is 0 Å². The van der Waals surface area contributed by atoms with Crippen LogP contribution in [0.15, 0.2) is 24.7 Å². The van der Waals surface area contributed by atoms with Crippen LogP contribution in [0, 0.1) is 0 Å². The standard InChI is InChI=1S/C14H19ClN4O/c1-9(2)19-14(12(20-4)8-18-19)13(16-3)10-5-6-17-7-11(10)15/h5-9,13,16H,1-4H3. The molecule has 0 amide bonds. The van der Waals surface area contributed by atoms with Gasteiger partial charge in [0.05, 0.1) is 24.4 Å². The Bertz CT molecular complexity index is 582. The summed E-state index contributed by atoms with van der Waals surface area (Å²) in [5, 5.41) is 8.30. The molecule has 1 N–H and O–H groups in total. The van der Waals surface area contributed by atoms with Crippen molar-refractivity contribution in [3.8, 4) is 5.75 Å². The molecule has 1 atom stereocenters. The van der Waals surface area contributed by atoms with Gasteiger partial charge in [0.25, 0.3) is 0 Å². The van der Waals surface area contributed by atoms with Crippen LogP contribution < -0.4 is 10.1 Å². The molecule has 0 spiro atoms. The SMILES string of the molecule is CNC(c1ccncc1Cl)c1c(OC)cnn1C(C)C. The Morgan fingerprint density at radius 1 is 1.35 bits per heavy atom. The minimum Gasteiger partial charge on any atom is -0.493 e. The molecule has 20 heavy (non-hydrogen) atoms. The molecule has 0 bridgehead atoms. The lowest BCUT2D eigenvalue weighted by atomic mass is 10.0. The first-order valence-electron chi connectivity index (χ1n) is 6.48. The lowest BCUT2D eigenvalue weighted by molar-refractivity contribution is 0.396. The van der Waals surface area contributed by atoms with Gasteiger partial charge in [-0.2, -0.15) is 5.10 Å². The van der Waals surface area contributed by atoms with Crippen LogP contribution in [0.2, 0.25) is 5.02 Å². The molecule has 2 heterocycles. The minimum absolute atomic E-state index is 0.106. The fourth-order valence-electron chi connectivity index (χ4n) is 2.26. The maximum absolute atomic E-state index is 6.27. The van der Waals surface area contributed by atoms with Crippen molar-refractivity contribution in [3.63, 3.8) is 0 Å². The van der Waals surface area contributed by atoms with Crippen LogP contribution in [-0.4, -0.2) is 28.9 Å². The van der Waals surface area contributed by atoms with E-state index in [1.54, 1.807) is 25.7 Å². The smallest absolute Gasteiger partial charge is 0.161 e. The van der Waals surface area contributed by atoms with E-state index in [1.165, 1.54) is 0 Å². The van der Waals surface area contributed by atoms with Crippen molar-refractivity contribution in [1.82, 2.24) is 20.1 Å². The predicted octanol–water partition coefficient (Wildman–Crippen LogP) is 2.83. The first-order valence-corrected chi connectivity index (χ1v) is 6.86. The Kier molecular flexibility index (Phi) is 4.62. The fourth-order valence-corrected chi connectivity index (χ4v) is 2.49. The van der Waals surface area contributed by atoms with Crippen LogP contribution in [0.1, 0.15) is 37.2 Å². The van der Waals surface area contributed by atoms with Gasteiger partial charge in [0.2, 0.25) is 0 Å². The van der Waals surface area contributed by atoms with E-state index in [9.17, 15) is 0 Å². The molecule has 2 rings (SSSR count). The molecular weight excluding hydrogens is 276 g/mol.